The molecule has 2 aromatic carbocycles. The highest BCUT2D eigenvalue weighted by Crippen LogP contribution is 2.49. The number of benzene rings is 2. The standard InChI is InChI=1S/C26H36NO9P/c1-17(2)26(3,25(28)29)27-37(30,16-31-4)36-21-13-18(11-12-20(21)32-5)9-10-19-14-22(33-6)24(35-8)23(15-19)34-7/h9-15,17H,16H2,1-8H3,(H,27,30)(H,28,29)/b10-9-. The van der Waals surface area contributed by atoms with Crippen LogP contribution in [0.25, 0.3) is 12.2 Å². The normalized spacial score (nSPS) is 14.6. The molecule has 0 aromatic heterocycles. The van der Waals surface area contributed by atoms with E-state index in [2.05, 4.69) is 5.09 Å². The summed E-state index contributed by atoms with van der Waals surface area (Å²) in [6.45, 7) is 4.89. The first-order chi connectivity index (χ1) is 17.5. The van der Waals surface area contributed by atoms with Crippen LogP contribution >= 0.6 is 7.52 Å². The molecule has 0 aliphatic carbocycles. The molecule has 11 heteroatoms. The van der Waals surface area contributed by atoms with Gasteiger partial charge in [0.2, 0.25) is 5.75 Å². The third-order valence-electron chi connectivity index (χ3n) is 5.89. The minimum atomic E-state index is -3.84. The molecule has 0 bridgehead atoms. The molecular formula is C26H36NO9P. The molecule has 2 rings (SSSR count). The lowest BCUT2D eigenvalue weighted by molar-refractivity contribution is -0.145. The van der Waals surface area contributed by atoms with Crippen LogP contribution in [-0.4, -0.2) is 58.5 Å². The van der Waals surface area contributed by atoms with Gasteiger partial charge in [0, 0.05) is 7.11 Å². The molecule has 0 saturated heterocycles. The van der Waals surface area contributed by atoms with Gasteiger partial charge >= 0.3 is 13.5 Å². The van der Waals surface area contributed by atoms with Gasteiger partial charge in [-0.25, -0.2) is 5.09 Å². The van der Waals surface area contributed by atoms with Crippen molar-refractivity contribution in [2.45, 2.75) is 26.3 Å². The first-order valence-corrected chi connectivity index (χ1v) is 13.2. The minimum absolute atomic E-state index is 0.166. The lowest BCUT2D eigenvalue weighted by Gasteiger charge is -2.34. The molecule has 2 atom stereocenters. The SMILES string of the molecule is COCP(=O)(NC(C)(C(=O)O)C(C)C)Oc1cc(/C=C\c2cc(OC)c(OC)c(OC)c2)ccc1OC. The largest absolute Gasteiger partial charge is 0.493 e. The molecule has 10 nitrogen and oxygen atoms in total. The van der Waals surface area contributed by atoms with Crippen LogP contribution < -0.4 is 28.6 Å². The lowest BCUT2D eigenvalue weighted by atomic mass is 9.90. The summed E-state index contributed by atoms with van der Waals surface area (Å²) in [5.74, 6) is 0.448. The molecule has 0 amide bonds. The van der Waals surface area contributed by atoms with Crippen molar-refractivity contribution < 1.29 is 42.7 Å². The molecule has 0 saturated carbocycles. The summed E-state index contributed by atoms with van der Waals surface area (Å²) in [5, 5.41) is 12.5. The van der Waals surface area contributed by atoms with Crippen molar-refractivity contribution in [2.24, 2.45) is 5.92 Å². The molecule has 204 valence electrons. The average molecular weight is 538 g/mol. The summed E-state index contributed by atoms with van der Waals surface area (Å²) in [5.41, 5.74) is -0.0299. The van der Waals surface area contributed by atoms with Crippen molar-refractivity contribution in [3.8, 4) is 28.7 Å². The molecule has 0 spiro atoms. The number of nitrogens with one attached hydrogen (secondary N) is 1. The Morgan fingerprint density at radius 3 is 1.92 bits per heavy atom. The smallest absolute Gasteiger partial charge is 0.343 e. The Labute approximate surface area is 218 Å². The van der Waals surface area contributed by atoms with Crippen molar-refractivity contribution >= 4 is 25.6 Å². The van der Waals surface area contributed by atoms with Gasteiger partial charge in [-0.2, -0.15) is 0 Å². The van der Waals surface area contributed by atoms with Gasteiger partial charge in [0.05, 0.1) is 28.4 Å². The molecular weight excluding hydrogens is 501 g/mol. The Bertz CT molecular complexity index is 1140. The maximum Gasteiger partial charge on any atom is 0.343 e. The third kappa shape index (κ3) is 7.19. The molecule has 0 radical (unpaired) electrons. The molecule has 0 heterocycles. The fourth-order valence-corrected chi connectivity index (χ4v) is 5.47. The quantitative estimate of drug-likeness (QED) is 0.247. The number of methoxy groups -OCH3 is 5. The Morgan fingerprint density at radius 2 is 1.46 bits per heavy atom. The Morgan fingerprint density at radius 1 is 0.919 bits per heavy atom. The van der Waals surface area contributed by atoms with Gasteiger partial charge in [-0.1, -0.05) is 32.1 Å². The van der Waals surface area contributed by atoms with Crippen molar-refractivity contribution in [1.82, 2.24) is 5.09 Å². The Kier molecular flexibility index (Phi) is 10.4. The van der Waals surface area contributed by atoms with E-state index in [4.69, 9.17) is 28.2 Å². The highest BCUT2D eigenvalue weighted by Gasteiger charge is 2.44. The van der Waals surface area contributed by atoms with E-state index < -0.39 is 24.9 Å². The van der Waals surface area contributed by atoms with Crippen molar-refractivity contribution in [2.75, 3.05) is 41.9 Å². The number of aliphatic carboxylic acids is 1. The number of rotatable bonds is 14. The second-order valence-corrected chi connectivity index (χ2v) is 10.7. The van der Waals surface area contributed by atoms with Crippen LogP contribution in [0.5, 0.6) is 28.7 Å². The van der Waals surface area contributed by atoms with Gasteiger partial charge in [-0.3, -0.25) is 9.36 Å². The van der Waals surface area contributed by atoms with Gasteiger partial charge in [-0.15, -0.1) is 0 Å². The summed E-state index contributed by atoms with van der Waals surface area (Å²) in [6, 6.07) is 8.71. The predicted octanol–water partition coefficient (Wildman–Crippen LogP) is 5.16. The molecule has 2 N–H and O–H groups in total. The monoisotopic (exact) mass is 537 g/mol. The summed E-state index contributed by atoms with van der Waals surface area (Å²) in [6.07, 6.45) is 3.30. The third-order valence-corrected chi connectivity index (χ3v) is 7.78. The molecule has 0 aliphatic heterocycles. The molecule has 2 unspecified atom stereocenters. The van der Waals surface area contributed by atoms with Crippen LogP contribution in [0.3, 0.4) is 0 Å². The van der Waals surface area contributed by atoms with Gasteiger partial charge < -0.3 is 33.3 Å². The van der Waals surface area contributed by atoms with Gasteiger partial charge in [0.25, 0.3) is 0 Å². The number of carbonyl (C=O) groups is 1. The van der Waals surface area contributed by atoms with Crippen molar-refractivity contribution in [1.29, 1.82) is 0 Å². The fraction of sp³-hybridized carbons (Fsp3) is 0.423. The van der Waals surface area contributed by atoms with E-state index in [1.165, 1.54) is 28.3 Å². The van der Waals surface area contributed by atoms with Crippen LogP contribution in [0, 0.1) is 5.92 Å². The lowest BCUT2D eigenvalue weighted by Crippen LogP contribution is -2.52. The van der Waals surface area contributed by atoms with E-state index in [0.717, 1.165) is 5.56 Å². The number of carboxylic acids is 1. The second kappa shape index (κ2) is 12.9. The van der Waals surface area contributed by atoms with Crippen LogP contribution in [-0.2, 0) is 14.1 Å². The zero-order valence-corrected chi connectivity index (χ0v) is 23.4. The summed E-state index contributed by atoms with van der Waals surface area (Å²) in [4.78, 5) is 12.0. The number of hydrogen-bond acceptors (Lipinski definition) is 8. The zero-order chi connectivity index (χ0) is 27.8. The van der Waals surface area contributed by atoms with E-state index in [-0.39, 0.29) is 12.1 Å². The number of hydrogen-bond donors (Lipinski definition) is 2. The zero-order valence-electron chi connectivity index (χ0n) is 22.5. The average Bonchev–Trinajstić information content (AvgIpc) is 2.86. The van der Waals surface area contributed by atoms with E-state index in [9.17, 15) is 14.5 Å². The van der Waals surface area contributed by atoms with Crippen LogP contribution in [0.4, 0.5) is 0 Å². The van der Waals surface area contributed by atoms with Crippen LogP contribution in [0.2, 0.25) is 0 Å². The van der Waals surface area contributed by atoms with Gasteiger partial charge in [-0.05, 0) is 48.2 Å². The first-order valence-electron chi connectivity index (χ1n) is 11.4. The molecule has 0 aliphatic rings. The Hall–Kier alpha value is -3.20. The summed E-state index contributed by atoms with van der Waals surface area (Å²) >= 11 is 0. The van der Waals surface area contributed by atoms with E-state index >= 15 is 0 Å². The summed E-state index contributed by atoms with van der Waals surface area (Å²) < 4.78 is 46.3. The highest BCUT2D eigenvalue weighted by molar-refractivity contribution is 7.57. The number of ether oxygens (including phenoxy) is 5. The first kappa shape index (κ1) is 30.0. The fourth-order valence-electron chi connectivity index (χ4n) is 3.45. The maximum atomic E-state index is 13.7. The molecule has 2 aromatic rings. The van der Waals surface area contributed by atoms with Crippen molar-refractivity contribution in [3.63, 3.8) is 0 Å². The second-order valence-electron chi connectivity index (χ2n) is 8.66. The molecule has 37 heavy (non-hydrogen) atoms. The topological polar surface area (TPSA) is 122 Å². The van der Waals surface area contributed by atoms with E-state index in [0.29, 0.717) is 28.6 Å². The predicted molar refractivity (Wildman–Crippen MR) is 142 cm³/mol. The number of carboxylic acid groups (broad SMARTS) is 1. The highest BCUT2D eigenvalue weighted by atomic mass is 31.2. The van der Waals surface area contributed by atoms with Crippen LogP contribution in [0.1, 0.15) is 31.9 Å². The maximum absolute atomic E-state index is 13.7. The van der Waals surface area contributed by atoms with Gasteiger partial charge in [0.1, 0.15) is 11.9 Å². The Balaban J connectivity index is 2.45. The molecule has 0 fully saturated rings. The van der Waals surface area contributed by atoms with Gasteiger partial charge in [0.15, 0.2) is 23.0 Å². The van der Waals surface area contributed by atoms with Crippen LogP contribution in [0.15, 0.2) is 30.3 Å². The van der Waals surface area contributed by atoms with Crippen molar-refractivity contribution in [3.05, 3.63) is 41.5 Å². The van der Waals surface area contributed by atoms with E-state index in [1.807, 2.05) is 12.2 Å². The summed E-state index contributed by atoms with van der Waals surface area (Å²) in [7, 11) is 3.59. The minimum Gasteiger partial charge on any atom is -0.493 e. The van der Waals surface area contributed by atoms with E-state index in [1.54, 1.807) is 58.4 Å².